The summed E-state index contributed by atoms with van der Waals surface area (Å²) in [5.74, 6) is 1.20. The molecular formula is C19H18ClN3O3. The lowest BCUT2D eigenvalue weighted by Gasteiger charge is -2.10. The lowest BCUT2D eigenvalue weighted by Crippen LogP contribution is -2.01. The van der Waals surface area contributed by atoms with Crippen molar-refractivity contribution in [3.63, 3.8) is 0 Å². The van der Waals surface area contributed by atoms with E-state index in [1.807, 2.05) is 24.3 Å². The minimum absolute atomic E-state index is 0.237. The number of hydrogen-bond acceptors (Lipinski definition) is 5. The Morgan fingerprint density at radius 1 is 1.15 bits per heavy atom. The molecule has 0 saturated heterocycles. The van der Waals surface area contributed by atoms with Crippen LogP contribution in [0.1, 0.15) is 27.4 Å². The monoisotopic (exact) mass is 371 g/mol. The number of benzene rings is 1. The van der Waals surface area contributed by atoms with Gasteiger partial charge in [0.25, 0.3) is 0 Å². The Hall–Kier alpha value is -2.86. The van der Waals surface area contributed by atoms with Gasteiger partial charge in [-0.05, 0) is 38.1 Å². The van der Waals surface area contributed by atoms with E-state index in [4.69, 9.17) is 21.1 Å². The lowest BCUT2D eigenvalue weighted by molar-refractivity contribution is 0.104. The van der Waals surface area contributed by atoms with Crippen LogP contribution in [-0.2, 0) is 0 Å². The van der Waals surface area contributed by atoms with Crippen molar-refractivity contribution >= 4 is 29.2 Å². The van der Waals surface area contributed by atoms with Crippen LogP contribution in [0.15, 0.2) is 30.5 Å². The topological polar surface area (TPSA) is 65.7 Å². The molecule has 0 N–H and O–H groups in total. The van der Waals surface area contributed by atoms with Crippen LogP contribution in [0.5, 0.6) is 11.5 Å². The minimum atomic E-state index is -0.237. The first-order valence-electron chi connectivity index (χ1n) is 7.90. The third-order valence-corrected chi connectivity index (χ3v) is 4.26. The van der Waals surface area contributed by atoms with E-state index in [9.17, 15) is 4.79 Å². The summed E-state index contributed by atoms with van der Waals surface area (Å²) in [7, 11) is 3.00. The number of fused-ring (bicyclic) bond motifs is 1. The van der Waals surface area contributed by atoms with Gasteiger partial charge in [0.2, 0.25) is 5.78 Å². The van der Waals surface area contributed by atoms with Crippen molar-refractivity contribution in [1.29, 1.82) is 0 Å². The van der Waals surface area contributed by atoms with Crippen LogP contribution in [0, 0.1) is 13.8 Å². The Morgan fingerprint density at radius 2 is 1.88 bits per heavy atom. The van der Waals surface area contributed by atoms with Gasteiger partial charge in [-0.2, -0.15) is 0 Å². The van der Waals surface area contributed by atoms with Crippen molar-refractivity contribution in [2.75, 3.05) is 14.2 Å². The highest BCUT2D eigenvalue weighted by atomic mass is 35.5. The Kier molecular flexibility index (Phi) is 4.95. The van der Waals surface area contributed by atoms with E-state index in [-0.39, 0.29) is 5.78 Å². The van der Waals surface area contributed by atoms with E-state index in [0.29, 0.717) is 27.9 Å². The molecule has 0 aliphatic heterocycles. The van der Waals surface area contributed by atoms with Crippen molar-refractivity contribution < 1.29 is 14.3 Å². The van der Waals surface area contributed by atoms with Crippen LogP contribution >= 0.6 is 11.6 Å². The number of halogens is 1. The van der Waals surface area contributed by atoms with Gasteiger partial charge < -0.3 is 9.47 Å². The fourth-order valence-electron chi connectivity index (χ4n) is 2.77. The van der Waals surface area contributed by atoms with Crippen LogP contribution in [0.3, 0.4) is 0 Å². The summed E-state index contributed by atoms with van der Waals surface area (Å²) in [4.78, 5) is 21.3. The van der Waals surface area contributed by atoms with Gasteiger partial charge in [0.15, 0.2) is 5.78 Å². The number of allylic oxidation sites excluding steroid dienone is 1. The molecule has 0 amide bonds. The van der Waals surface area contributed by atoms with Gasteiger partial charge in [-0.1, -0.05) is 11.6 Å². The molecule has 7 heteroatoms. The molecule has 0 aliphatic rings. The maximum absolute atomic E-state index is 12.6. The number of carbonyl (C=O) groups is 1. The second kappa shape index (κ2) is 7.17. The largest absolute Gasteiger partial charge is 0.496 e. The van der Waals surface area contributed by atoms with Crippen molar-refractivity contribution in [2.45, 2.75) is 13.8 Å². The van der Waals surface area contributed by atoms with Gasteiger partial charge in [0.1, 0.15) is 11.5 Å². The number of ketones is 1. The number of carbonyl (C=O) groups excluding carboxylic acids is 1. The molecule has 134 valence electrons. The first-order valence-corrected chi connectivity index (χ1v) is 8.28. The SMILES string of the molecule is COc1cc(OC)c(C(=O)/C=C/c2cnc3nc(C)cc(C)n23)cc1Cl. The zero-order valence-electron chi connectivity index (χ0n) is 14.9. The number of aromatic nitrogens is 3. The number of nitrogens with zero attached hydrogens (tertiary/aromatic N) is 3. The lowest BCUT2D eigenvalue weighted by atomic mass is 10.1. The second-order valence-electron chi connectivity index (χ2n) is 5.74. The summed E-state index contributed by atoms with van der Waals surface area (Å²) in [6, 6.07) is 5.09. The van der Waals surface area contributed by atoms with Crippen LogP contribution in [0.4, 0.5) is 0 Å². The summed E-state index contributed by atoms with van der Waals surface area (Å²) < 4.78 is 12.3. The van der Waals surface area contributed by atoms with Gasteiger partial charge in [-0.3, -0.25) is 9.20 Å². The maximum Gasteiger partial charge on any atom is 0.234 e. The maximum atomic E-state index is 12.6. The Labute approximate surface area is 156 Å². The Balaban J connectivity index is 1.97. The summed E-state index contributed by atoms with van der Waals surface area (Å²) in [5, 5.41) is 0.343. The van der Waals surface area contributed by atoms with Gasteiger partial charge in [0, 0.05) is 17.5 Å². The quantitative estimate of drug-likeness (QED) is 0.502. The Morgan fingerprint density at radius 3 is 2.58 bits per heavy atom. The molecule has 3 rings (SSSR count). The number of rotatable bonds is 5. The fourth-order valence-corrected chi connectivity index (χ4v) is 3.01. The first kappa shape index (κ1) is 17.9. The molecule has 0 spiro atoms. The fraction of sp³-hybridized carbons (Fsp3) is 0.211. The number of hydrogen-bond donors (Lipinski definition) is 0. The predicted molar refractivity (Wildman–Crippen MR) is 100 cm³/mol. The molecule has 0 bridgehead atoms. The smallest absolute Gasteiger partial charge is 0.234 e. The highest BCUT2D eigenvalue weighted by Crippen LogP contribution is 2.33. The minimum Gasteiger partial charge on any atom is -0.496 e. The number of imidazole rings is 1. The molecular weight excluding hydrogens is 354 g/mol. The predicted octanol–water partition coefficient (Wildman–Crippen LogP) is 3.91. The third-order valence-electron chi connectivity index (χ3n) is 3.96. The molecule has 0 saturated carbocycles. The van der Waals surface area contributed by atoms with E-state index in [1.165, 1.54) is 26.4 Å². The average molecular weight is 372 g/mol. The normalized spacial score (nSPS) is 11.3. The van der Waals surface area contributed by atoms with Gasteiger partial charge in [0.05, 0.1) is 36.7 Å². The van der Waals surface area contributed by atoms with E-state index in [1.54, 1.807) is 18.3 Å². The van der Waals surface area contributed by atoms with Gasteiger partial charge >= 0.3 is 0 Å². The van der Waals surface area contributed by atoms with Crippen LogP contribution in [0.25, 0.3) is 11.9 Å². The zero-order chi connectivity index (χ0) is 18.8. The van der Waals surface area contributed by atoms with Gasteiger partial charge in [-0.15, -0.1) is 0 Å². The zero-order valence-corrected chi connectivity index (χ0v) is 15.7. The molecule has 0 unspecified atom stereocenters. The van der Waals surface area contributed by atoms with Crippen LogP contribution in [0.2, 0.25) is 5.02 Å². The molecule has 3 aromatic rings. The summed E-state index contributed by atoms with van der Waals surface area (Å²) in [5.41, 5.74) is 3.00. The van der Waals surface area contributed by atoms with E-state index < -0.39 is 0 Å². The van der Waals surface area contributed by atoms with Gasteiger partial charge in [-0.25, -0.2) is 9.97 Å². The standard InChI is InChI=1S/C19H18ClN3O3/c1-11-7-12(2)23-13(10-21-19(23)22-11)5-6-16(24)14-8-15(20)18(26-4)9-17(14)25-3/h5-10H,1-4H3/b6-5+. The van der Waals surface area contributed by atoms with Crippen molar-refractivity contribution in [3.05, 3.63) is 58.1 Å². The Bertz CT molecular complexity index is 1020. The number of aryl methyl sites for hydroxylation is 2. The molecule has 0 fully saturated rings. The summed E-state index contributed by atoms with van der Waals surface area (Å²) in [6.45, 7) is 3.88. The number of ether oxygens (including phenoxy) is 2. The molecule has 0 atom stereocenters. The molecule has 2 aromatic heterocycles. The van der Waals surface area contributed by atoms with Crippen molar-refractivity contribution in [3.8, 4) is 11.5 Å². The molecule has 0 radical (unpaired) electrons. The van der Waals surface area contributed by atoms with Crippen LogP contribution < -0.4 is 9.47 Å². The highest BCUT2D eigenvalue weighted by Gasteiger charge is 2.15. The average Bonchev–Trinajstić information content (AvgIpc) is 3.02. The second-order valence-corrected chi connectivity index (χ2v) is 6.15. The molecule has 1 aromatic carbocycles. The first-order chi connectivity index (χ1) is 12.4. The molecule has 0 aliphatic carbocycles. The molecule has 6 nitrogen and oxygen atoms in total. The van der Waals surface area contributed by atoms with Crippen molar-refractivity contribution in [1.82, 2.24) is 14.4 Å². The number of methoxy groups -OCH3 is 2. The molecule has 26 heavy (non-hydrogen) atoms. The summed E-state index contributed by atoms with van der Waals surface area (Å²) >= 11 is 6.14. The summed E-state index contributed by atoms with van der Waals surface area (Å²) in [6.07, 6.45) is 4.84. The van der Waals surface area contributed by atoms with E-state index >= 15 is 0 Å². The van der Waals surface area contributed by atoms with E-state index in [2.05, 4.69) is 9.97 Å². The van der Waals surface area contributed by atoms with E-state index in [0.717, 1.165) is 17.1 Å². The van der Waals surface area contributed by atoms with Crippen LogP contribution in [-0.4, -0.2) is 34.4 Å². The third kappa shape index (κ3) is 3.28. The van der Waals surface area contributed by atoms with Crippen molar-refractivity contribution in [2.24, 2.45) is 0 Å². The molecule has 2 heterocycles. The highest BCUT2D eigenvalue weighted by molar-refractivity contribution is 6.32.